The maximum absolute atomic E-state index is 12.0. The number of nitrogens with zero attached hydrogens (tertiary/aromatic N) is 3. The highest BCUT2D eigenvalue weighted by atomic mass is 32.1. The summed E-state index contributed by atoms with van der Waals surface area (Å²) in [5.41, 5.74) is 0. The van der Waals surface area contributed by atoms with E-state index in [1.165, 1.54) is 16.2 Å². The minimum Gasteiger partial charge on any atom is -0.481 e. The first kappa shape index (κ1) is 13.7. The van der Waals surface area contributed by atoms with Crippen LogP contribution in [0.2, 0.25) is 0 Å². The van der Waals surface area contributed by atoms with Crippen molar-refractivity contribution in [2.75, 3.05) is 18.4 Å². The molecule has 1 aromatic heterocycles. The van der Waals surface area contributed by atoms with Gasteiger partial charge in [0.2, 0.25) is 5.13 Å². The van der Waals surface area contributed by atoms with Gasteiger partial charge >= 0.3 is 12.0 Å². The van der Waals surface area contributed by atoms with E-state index in [1.54, 1.807) is 0 Å². The number of aliphatic carboxylic acids is 1. The van der Waals surface area contributed by atoms with Crippen LogP contribution in [-0.4, -0.2) is 45.3 Å². The Morgan fingerprint density at radius 3 is 2.95 bits per heavy atom. The zero-order valence-corrected chi connectivity index (χ0v) is 11.4. The van der Waals surface area contributed by atoms with Gasteiger partial charge < -0.3 is 10.0 Å². The molecule has 0 spiro atoms. The molecule has 7 nitrogen and oxygen atoms in total. The molecule has 0 aliphatic carbocycles. The summed E-state index contributed by atoms with van der Waals surface area (Å²) in [6.07, 6.45) is 2.11. The second-order valence-corrected chi connectivity index (χ2v) is 5.47. The summed E-state index contributed by atoms with van der Waals surface area (Å²) in [6.45, 7) is 2.80. The number of urea groups is 1. The fourth-order valence-corrected chi connectivity index (χ4v) is 2.65. The Balaban J connectivity index is 1.93. The van der Waals surface area contributed by atoms with Gasteiger partial charge in [-0.15, -0.1) is 10.2 Å². The molecule has 0 radical (unpaired) electrons. The Morgan fingerprint density at radius 2 is 2.32 bits per heavy atom. The molecule has 0 aromatic carbocycles. The van der Waals surface area contributed by atoms with E-state index in [2.05, 4.69) is 15.5 Å². The number of carboxylic acid groups (broad SMARTS) is 1. The Morgan fingerprint density at radius 1 is 1.53 bits per heavy atom. The van der Waals surface area contributed by atoms with Crippen molar-refractivity contribution in [2.24, 2.45) is 5.92 Å². The second kappa shape index (κ2) is 5.96. The first-order chi connectivity index (χ1) is 9.10. The third-order valence-electron chi connectivity index (χ3n) is 3.04. The first-order valence-electron chi connectivity index (χ1n) is 6.21. The predicted octanol–water partition coefficient (Wildman–Crippen LogP) is 1.43. The van der Waals surface area contributed by atoms with Crippen LogP contribution in [-0.2, 0) is 11.2 Å². The summed E-state index contributed by atoms with van der Waals surface area (Å²) >= 11 is 1.34. The van der Waals surface area contributed by atoms with Gasteiger partial charge in [-0.3, -0.25) is 10.1 Å². The van der Waals surface area contributed by atoms with Crippen molar-refractivity contribution in [1.82, 2.24) is 15.1 Å². The number of rotatable bonds is 3. The normalized spacial score (nSPS) is 19.2. The standard InChI is InChI=1S/C11H16N4O3S/c1-2-8-13-14-10(19-8)12-11(18)15-5-3-4-7(6-15)9(16)17/h7H,2-6H2,1H3,(H,16,17)(H,12,14,18)/t7-/m0/s1. The summed E-state index contributed by atoms with van der Waals surface area (Å²) in [5, 5.41) is 20.8. The van der Waals surface area contributed by atoms with Crippen LogP contribution in [0.3, 0.4) is 0 Å². The van der Waals surface area contributed by atoms with Crippen molar-refractivity contribution in [3.8, 4) is 0 Å². The van der Waals surface area contributed by atoms with Gasteiger partial charge in [0.05, 0.1) is 5.92 Å². The maximum Gasteiger partial charge on any atom is 0.323 e. The van der Waals surface area contributed by atoms with Crippen molar-refractivity contribution in [3.05, 3.63) is 5.01 Å². The van der Waals surface area contributed by atoms with E-state index in [-0.39, 0.29) is 12.6 Å². The fourth-order valence-electron chi connectivity index (χ4n) is 1.98. The van der Waals surface area contributed by atoms with Crippen LogP contribution in [0.4, 0.5) is 9.93 Å². The van der Waals surface area contributed by atoms with Crippen LogP contribution in [0, 0.1) is 5.92 Å². The van der Waals surface area contributed by atoms with E-state index in [0.29, 0.717) is 24.5 Å². The largest absolute Gasteiger partial charge is 0.481 e. The molecule has 1 fully saturated rings. The maximum atomic E-state index is 12.0. The minimum atomic E-state index is -0.846. The van der Waals surface area contributed by atoms with Crippen LogP contribution < -0.4 is 5.32 Å². The first-order valence-corrected chi connectivity index (χ1v) is 7.03. The quantitative estimate of drug-likeness (QED) is 0.875. The summed E-state index contributed by atoms with van der Waals surface area (Å²) in [5.74, 6) is -1.32. The summed E-state index contributed by atoms with van der Waals surface area (Å²) < 4.78 is 0. The monoisotopic (exact) mass is 284 g/mol. The molecule has 1 aliphatic rings. The number of piperidine rings is 1. The van der Waals surface area contributed by atoms with Gasteiger partial charge in [-0.05, 0) is 19.3 Å². The van der Waals surface area contributed by atoms with E-state index in [9.17, 15) is 9.59 Å². The lowest BCUT2D eigenvalue weighted by Gasteiger charge is -2.30. The zero-order chi connectivity index (χ0) is 13.8. The summed E-state index contributed by atoms with van der Waals surface area (Å²) in [6, 6.07) is -0.301. The number of amides is 2. The molecule has 2 amide bonds. The molecule has 1 saturated heterocycles. The molecule has 1 aromatic rings. The van der Waals surface area contributed by atoms with Crippen molar-refractivity contribution in [2.45, 2.75) is 26.2 Å². The van der Waals surface area contributed by atoms with Crippen molar-refractivity contribution < 1.29 is 14.7 Å². The molecule has 19 heavy (non-hydrogen) atoms. The zero-order valence-electron chi connectivity index (χ0n) is 10.6. The van der Waals surface area contributed by atoms with Crippen molar-refractivity contribution in [1.29, 1.82) is 0 Å². The Bertz CT molecular complexity index is 476. The molecule has 1 atom stereocenters. The molecule has 8 heteroatoms. The van der Waals surface area contributed by atoms with Crippen LogP contribution in [0.1, 0.15) is 24.8 Å². The van der Waals surface area contributed by atoms with Gasteiger partial charge in [0.25, 0.3) is 0 Å². The molecule has 0 bridgehead atoms. The van der Waals surface area contributed by atoms with Gasteiger partial charge in [-0.2, -0.15) is 0 Å². The van der Waals surface area contributed by atoms with Crippen LogP contribution in [0.15, 0.2) is 0 Å². The highest BCUT2D eigenvalue weighted by Gasteiger charge is 2.28. The predicted molar refractivity (Wildman–Crippen MR) is 70.2 cm³/mol. The number of carbonyl (C=O) groups excluding carboxylic acids is 1. The number of aryl methyl sites for hydroxylation is 1. The lowest BCUT2D eigenvalue weighted by atomic mass is 9.99. The van der Waals surface area contributed by atoms with Gasteiger partial charge in [0, 0.05) is 13.1 Å². The topological polar surface area (TPSA) is 95.4 Å². The number of hydrogen-bond acceptors (Lipinski definition) is 5. The number of anilines is 1. The number of aromatic nitrogens is 2. The van der Waals surface area contributed by atoms with Crippen molar-refractivity contribution >= 4 is 28.5 Å². The van der Waals surface area contributed by atoms with Gasteiger partial charge in [0.1, 0.15) is 5.01 Å². The molecule has 2 rings (SSSR count). The van der Waals surface area contributed by atoms with E-state index >= 15 is 0 Å². The highest BCUT2D eigenvalue weighted by molar-refractivity contribution is 7.15. The average molecular weight is 284 g/mol. The smallest absolute Gasteiger partial charge is 0.323 e. The highest BCUT2D eigenvalue weighted by Crippen LogP contribution is 2.19. The number of carbonyl (C=O) groups is 2. The number of likely N-dealkylation sites (tertiary alicyclic amines) is 1. The van der Waals surface area contributed by atoms with E-state index in [1.807, 2.05) is 6.92 Å². The van der Waals surface area contributed by atoms with Crippen LogP contribution in [0.25, 0.3) is 0 Å². The minimum absolute atomic E-state index is 0.251. The van der Waals surface area contributed by atoms with Gasteiger partial charge in [-0.1, -0.05) is 18.3 Å². The SMILES string of the molecule is CCc1nnc(NC(=O)N2CCC[C@H](C(=O)O)C2)s1. The van der Waals surface area contributed by atoms with Crippen LogP contribution >= 0.6 is 11.3 Å². The van der Waals surface area contributed by atoms with Crippen molar-refractivity contribution in [3.63, 3.8) is 0 Å². The fraction of sp³-hybridized carbons (Fsp3) is 0.636. The molecule has 2 heterocycles. The molecular weight excluding hydrogens is 268 g/mol. The number of carboxylic acids is 1. The van der Waals surface area contributed by atoms with E-state index in [4.69, 9.17) is 5.11 Å². The summed E-state index contributed by atoms with van der Waals surface area (Å²) in [4.78, 5) is 24.5. The third kappa shape index (κ3) is 3.40. The average Bonchev–Trinajstić information content (AvgIpc) is 2.86. The Kier molecular flexibility index (Phi) is 4.31. The Hall–Kier alpha value is -1.70. The lowest BCUT2D eigenvalue weighted by molar-refractivity contribution is -0.143. The van der Waals surface area contributed by atoms with Crippen LogP contribution in [0.5, 0.6) is 0 Å². The molecular formula is C11H16N4O3S. The summed E-state index contributed by atoms with van der Waals surface area (Å²) in [7, 11) is 0. The second-order valence-electron chi connectivity index (χ2n) is 4.41. The third-order valence-corrected chi connectivity index (χ3v) is 4.02. The number of nitrogens with one attached hydrogen (secondary N) is 1. The number of hydrogen-bond donors (Lipinski definition) is 2. The molecule has 0 unspecified atom stereocenters. The van der Waals surface area contributed by atoms with E-state index in [0.717, 1.165) is 11.4 Å². The van der Waals surface area contributed by atoms with E-state index < -0.39 is 11.9 Å². The molecule has 0 saturated carbocycles. The molecule has 1 aliphatic heterocycles. The Labute approximate surface area is 114 Å². The van der Waals surface area contributed by atoms with Gasteiger partial charge in [-0.25, -0.2) is 4.79 Å². The lowest BCUT2D eigenvalue weighted by Crippen LogP contribution is -2.44. The van der Waals surface area contributed by atoms with Gasteiger partial charge in [0.15, 0.2) is 0 Å². The molecule has 104 valence electrons. The molecule has 2 N–H and O–H groups in total.